The largest absolute Gasteiger partial charge is 0.465 e. The van der Waals surface area contributed by atoms with E-state index in [1.165, 1.54) is 14.0 Å². The normalized spacial score (nSPS) is 10.3. The van der Waals surface area contributed by atoms with Gasteiger partial charge < -0.3 is 4.74 Å². The van der Waals surface area contributed by atoms with Crippen molar-refractivity contribution >= 4 is 22.8 Å². The van der Waals surface area contributed by atoms with Gasteiger partial charge in [0.25, 0.3) is 0 Å². The maximum Gasteiger partial charge on any atom is 0.337 e. The summed E-state index contributed by atoms with van der Waals surface area (Å²) in [5.74, 6) is -0.344. The van der Waals surface area contributed by atoms with E-state index < -0.39 is 0 Å². The molecule has 4 heteroatoms. The average Bonchev–Trinajstić information content (AvgIpc) is 2.15. The van der Waals surface area contributed by atoms with Gasteiger partial charge in [0.1, 0.15) is 0 Å². The Morgan fingerprint density at radius 3 is 2.13 bits per heavy atom. The van der Waals surface area contributed by atoms with Crippen LogP contribution in [0.5, 0.6) is 0 Å². The smallest absolute Gasteiger partial charge is 0.337 e. The van der Waals surface area contributed by atoms with Crippen LogP contribution in [0.25, 0.3) is 0 Å². The maximum absolute atomic E-state index is 10.9. The van der Waals surface area contributed by atoms with E-state index in [1.54, 1.807) is 24.3 Å². The Balaban J connectivity index is 0. The molecule has 0 radical (unpaired) electrons. The van der Waals surface area contributed by atoms with Crippen molar-refractivity contribution in [3.63, 3.8) is 0 Å². The molecule has 0 aliphatic rings. The predicted octanol–water partition coefficient (Wildman–Crippen LogP) is 2.62. The fourth-order valence-corrected chi connectivity index (χ4v) is 0.616. The molecule has 0 rings (SSSR count). The van der Waals surface area contributed by atoms with Crippen LogP contribution in [0.15, 0.2) is 36.5 Å². The van der Waals surface area contributed by atoms with Crippen molar-refractivity contribution < 1.29 is 14.3 Å². The number of allylic oxidation sites excluding steroid dienone is 3. The first-order valence-corrected chi connectivity index (χ1v) is 4.57. The van der Waals surface area contributed by atoms with Gasteiger partial charge in [0, 0.05) is 6.92 Å². The Morgan fingerprint density at radius 2 is 1.87 bits per heavy atom. The van der Waals surface area contributed by atoms with Crippen LogP contribution in [0, 0.1) is 0 Å². The van der Waals surface area contributed by atoms with E-state index in [2.05, 4.69) is 22.9 Å². The summed E-state index contributed by atoms with van der Waals surface area (Å²) < 4.78 is 4.51. The zero-order chi connectivity index (χ0) is 12.3. The molecular weight excluding hydrogens is 216 g/mol. The quantitative estimate of drug-likeness (QED) is 0.324. The lowest BCUT2D eigenvalue weighted by molar-refractivity contribution is -0.135. The van der Waals surface area contributed by atoms with Gasteiger partial charge in [-0.1, -0.05) is 24.8 Å². The highest BCUT2D eigenvalue weighted by Crippen LogP contribution is 1.99. The third kappa shape index (κ3) is 12.6. The molecule has 0 amide bonds. The summed E-state index contributed by atoms with van der Waals surface area (Å²) in [4.78, 5) is 20.1. The fourth-order valence-electron chi connectivity index (χ4n) is 0.616. The third-order valence-electron chi connectivity index (χ3n) is 1.06. The number of carbonyl (C=O) groups is 2. The minimum Gasteiger partial charge on any atom is -0.465 e. The van der Waals surface area contributed by atoms with Gasteiger partial charge in [0.2, 0.25) is 5.24 Å². The molecule has 0 N–H and O–H groups in total. The van der Waals surface area contributed by atoms with Crippen molar-refractivity contribution in [2.75, 3.05) is 7.11 Å². The molecule has 0 saturated carbocycles. The van der Waals surface area contributed by atoms with E-state index >= 15 is 0 Å². The lowest BCUT2D eigenvalue weighted by Crippen LogP contribution is -2.01. The van der Waals surface area contributed by atoms with E-state index in [4.69, 9.17) is 0 Å². The van der Waals surface area contributed by atoms with Crippen LogP contribution >= 0.6 is 11.6 Å². The summed E-state index contributed by atoms with van der Waals surface area (Å²) in [6.45, 7) is 6.61. The molecule has 0 atom stereocenters. The molecule has 0 spiro atoms. The summed E-state index contributed by atoms with van der Waals surface area (Å²) in [6.07, 6.45) is 6.60. The zero-order valence-corrected chi connectivity index (χ0v) is 9.88. The van der Waals surface area contributed by atoms with Crippen molar-refractivity contribution in [2.24, 2.45) is 0 Å². The van der Waals surface area contributed by atoms with E-state index in [-0.39, 0.29) is 11.2 Å². The first-order chi connectivity index (χ1) is 6.99. The van der Waals surface area contributed by atoms with Gasteiger partial charge in [0.05, 0.1) is 12.7 Å². The van der Waals surface area contributed by atoms with E-state index in [1.807, 2.05) is 6.92 Å². The lowest BCUT2D eigenvalue weighted by Gasteiger charge is -1.96. The number of carbonyl (C=O) groups excluding carboxylic acids is 2. The van der Waals surface area contributed by atoms with Crippen LogP contribution in [0.2, 0.25) is 0 Å². The van der Waals surface area contributed by atoms with Gasteiger partial charge in [-0.05, 0) is 24.6 Å². The number of esters is 1. The Kier molecular flexibility index (Phi) is 11.5. The molecule has 0 saturated heterocycles. The van der Waals surface area contributed by atoms with Crippen LogP contribution in [0.3, 0.4) is 0 Å². The molecule has 84 valence electrons. The second-order valence-corrected chi connectivity index (χ2v) is 2.85. The molecule has 0 aliphatic carbocycles. The second-order valence-electron chi connectivity index (χ2n) is 2.32. The van der Waals surface area contributed by atoms with E-state index in [0.717, 1.165) is 0 Å². The standard InChI is InChI=1S/C9H12O2.C2H3ClO/c1-4-6-8(7-5-2)9(10)11-3;1-2(3)4/h4-7H,1H2,2-3H3;1H3/b7-5-,8-6+;. The second kappa shape index (κ2) is 10.7. The Bertz CT molecular complexity index is 274. The van der Waals surface area contributed by atoms with Gasteiger partial charge in [0.15, 0.2) is 0 Å². The monoisotopic (exact) mass is 230 g/mol. The van der Waals surface area contributed by atoms with E-state index in [9.17, 15) is 9.59 Å². The zero-order valence-electron chi connectivity index (χ0n) is 9.12. The Labute approximate surface area is 95.1 Å². The number of hydrogen-bond donors (Lipinski definition) is 0. The predicted molar refractivity (Wildman–Crippen MR) is 61.6 cm³/mol. The molecule has 0 unspecified atom stereocenters. The first-order valence-electron chi connectivity index (χ1n) is 4.19. The molecule has 3 nitrogen and oxygen atoms in total. The summed E-state index contributed by atoms with van der Waals surface area (Å²) >= 11 is 4.64. The highest BCUT2D eigenvalue weighted by atomic mass is 35.5. The molecule has 0 bridgehead atoms. The van der Waals surface area contributed by atoms with Gasteiger partial charge in [-0.25, -0.2) is 4.79 Å². The van der Waals surface area contributed by atoms with Crippen molar-refractivity contribution in [1.82, 2.24) is 0 Å². The summed E-state index contributed by atoms with van der Waals surface area (Å²) in [5, 5.41) is -0.361. The molecule has 0 fully saturated rings. The third-order valence-corrected chi connectivity index (χ3v) is 1.06. The molecule has 0 aliphatic heterocycles. The minimum absolute atomic E-state index is 0.344. The highest BCUT2D eigenvalue weighted by molar-refractivity contribution is 6.62. The van der Waals surface area contributed by atoms with Crippen molar-refractivity contribution in [3.8, 4) is 0 Å². The van der Waals surface area contributed by atoms with Crippen molar-refractivity contribution in [1.29, 1.82) is 0 Å². The van der Waals surface area contributed by atoms with E-state index in [0.29, 0.717) is 5.57 Å². The lowest BCUT2D eigenvalue weighted by atomic mass is 10.2. The molecule has 0 aromatic rings. The summed E-state index contributed by atoms with van der Waals surface area (Å²) in [7, 11) is 1.35. The summed E-state index contributed by atoms with van der Waals surface area (Å²) in [5.41, 5.74) is 0.505. The Hall–Kier alpha value is -1.35. The minimum atomic E-state index is -0.361. The number of halogens is 1. The van der Waals surface area contributed by atoms with Crippen LogP contribution in [0.1, 0.15) is 13.8 Å². The van der Waals surface area contributed by atoms with Crippen LogP contribution < -0.4 is 0 Å². The summed E-state index contributed by atoms with van der Waals surface area (Å²) in [6, 6.07) is 0. The molecule has 0 heterocycles. The molecule has 0 aromatic carbocycles. The average molecular weight is 231 g/mol. The van der Waals surface area contributed by atoms with Gasteiger partial charge in [-0.3, -0.25) is 4.79 Å². The highest BCUT2D eigenvalue weighted by Gasteiger charge is 2.02. The number of ether oxygens (including phenoxy) is 1. The van der Waals surface area contributed by atoms with Crippen LogP contribution in [-0.2, 0) is 14.3 Å². The topological polar surface area (TPSA) is 43.4 Å². The number of hydrogen-bond acceptors (Lipinski definition) is 3. The maximum atomic E-state index is 10.9. The number of rotatable bonds is 3. The molecule has 15 heavy (non-hydrogen) atoms. The molecular formula is C11H15ClO3. The van der Waals surface area contributed by atoms with Crippen LogP contribution in [0.4, 0.5) is 0 Å². The van der Waals surface area contributed by atoms with Gasteiger partial charge >= 0.3 is 5.97 Å². The number of methoxy groups -OCH3 is 1. The fraction of sp³-hybridized carbons (Fsp3) is 0.273. The van der Waals surface area contributed by atoms with Gasteiger partial charge in [-0.2, -0.15) is 0 Å². The van der Waals surface area contributed by atoms with Crippen LogP contribution in [-0.4, -0.2) is 18.3 Å². The SMILES string of the molecule is C=C/C=C(\C=C/C)C(=O)OC.CC(=O)Cl. The Morgan fingerprint density at radius 1 is 1.40 bits per heavy atom. The first kappa shape index (κ1) is 16.1. The van der Waals surface area contributed by atoms with Crippen molar-refractivity contribution in [2.45, 2.75) is 13.8 Å². The van der Waals surface area contributed by atoms with Crippen molar-refractivity contribution in [3.05, 3.63) is 36.5 Å². The van der Waals surface area contributed by atoms with Gasteiger partial charge in [-0.15, -0.1) is 0 Å². The molecule has 0 aromatic heterocycles.